The maximum absolute atomic E-state index is 13.3. The highest BCUT2D eigenvalue weighted by molar-refractivity contribution is 7.92. The predicted octanol–water partition coefficient (Wildman–Crippen LogP) is 5.08. The van der Waals surface area contributed by atoms with Crippen LogP contribution in [0.3, 0.4) is 0 Å². The number of rotatable bonds is 7. The van der Waals surface area contributed by atoms with Crippen LogP contribution in [0.2, 0.25) is 5.02 Å². The largest absolute Gasteiger partial charge is 0.492 e. The van der Waals surface area contributed by atoms with E-state index in [1.165, 1.54) is 11.3 Å². The first-order valence-electron chi connectivity index (χ1n) is 14.1. The average molecular weight is 629 g/mol. The van der Waals surface area contributed by atoms with Gasteiger partial charge in [0.25, 0.3) is 5.56 Å². The molecule has 4 heterocycles. The van der Waals surface area contributed by atoms with Crippen molar-refractivity contribution in [3.63, 3.8) is 0 Å². The summed E-state index contributed by atoms with van der Waals surface area (Å²) in [6.45, 7) is 6.69. The molecule has 222 valence electrons. The lowest BCUT2D eigenvalue weighted by Gasteiger charge is -2.30. The SMILES string of the molecule is CCOc1cc(Cl)c(-c2ccc(-c3nc4ccc(S(=O)(=O)C5CCN(C)CC5)cc4s3)c(=O)[nH]2)cc1N1CCOCC1. The summed E-state index contributed by atoms with van der Waals surface area (Å²) in [7, 11) is -1.44. The van der Waals surface area contributed by atoms with Crippen LogP contribution in [0, 0.1) is 0 Å². The Labute approximate surface area is 254 Å². The first kappa shape index (κ1) is 29.1. The number of nitrogens with one attached hydrogen (secondary N) is 1. The fourth-order valence-electron chi connectivity index (χ4n) is 5.56. The lowest BCUT2D eigenvalue weighted by Crippen LogP contribution is -2.37. The van der Waals surface area contributed by atoms with Crippen molar-refractivity contribution >= 4 is 48.7 Å². The van der Waals surface area contributed by atoms with E-state index in [1.807, 2.05) is 26.1 Å². The van der Waals surface area contributed by atoms with E-state index < -0.39 is 9.84 Å². The smallest absolute Gasteiger partial charge is 0.258 e. The van der Waals surface area contributed by atoms with Crippen molar-refractivity contribution in [3.8, 4) is 27.6 Å². The number of aromatic amines is 1. The van der Waals surface area contributed by atoms with Gasteiger partial charge in [0.15, 0.2) is 9.84 Å². The zero-order valence-electron chi connectivity index (χ0n) is 23.6. The number of hydrogen-bond acceptors (Lipinski definition) is 9. The Morgan fingerprint density at radius 3 is 2.55 bits per heavy atom. The first-order chi connectivity index (χ1) is 20.2. The summed E-state index contributed by atoms with van der Waals surface area (Å²) in [6.07, 6.45) is 1.25. The Kier molecular flexibility index (Phi) is 8.30. The molecule has 0 amide bonds. The van der Waals surface area contributed by atoms with Gasteiger partial charge < -0.3 is 24.3 Å². The minimum Gasteiger partial charge on any atom is -0.492 e. The molecule has 2 aromatic carbocycles. The van der Waals surface area contributed by atoms with Gasteiger partial charge in [0.1, 0.15) is 10.8 Å². The highest BCUT2D eigenvalue weighted by atomic mass is 35.5. The maximum atomic E-state index is 13.3. The zero-order chi connectivity index (χ0) is 29.4. The van der Waals surface area contributed by atoms with Crippen molar-refractivity contribution in [1.82, 2.24) is 14.9 Å². The predicted molar refractivity (Wildman–Crippen MR) is 168 cm³/mol. The maximum Gasteiger partial charge on any atom is 0.258 e. The Balaban J connectivity index is 1.31. The van der Waals surface area contributed by atoms with Crippen molar-refractivity contribution in [1.29, 1.82) is 0 Å². The topological polar surface area (TPSA) is 105 Å². The van der Waals surface area contributed by atoms with E-state index in [9.17, 15) is 13.2 Å². The number of aromatic nitrogens is 2. The minimum atomic E-state index is -3.45. The van der Waals surface area contributed by atoms with Crippen LogP contribution in [-0.2, 0) is 14.6 Å². The van der Waals surface area contributed by atoms with Crippen LogP contribution in [0.15, 0.2) is 52.2 Å². The van der Waals surface area contributed by atoms with Gasteiger partial charge in [0, 0.05) is 30.4 Å². The third-order valence-electron chi connectivity index (χ3n) is 7.92. The summed E-state index contributed by atoms with van der Waals surface area (Å²) in [5.74, 6) is 0.693. The van der Waals surface area contributed by atoms with Crippen LogP contribution < -0.4 is 15.2 Å². The second kappa shape index (κ2) is 12.0. The molecule has 2 aliphatic rings. The molecule has 2 aromatic heterocycles. The Morgan fingerprint density at radius 2 is 1.83 bits per heavy atom. The second-order valence-corrected chi connectivity index (χ2v) is 14.3. The summed E-state index contributed by atoms with van der Waals surface area (Å²) < 4.78 is 38.8. The summed E-state index contributed by atoms with van der Waals surface area (Å²) in [5.41, 5.74) is 2.95. The van der Waals surface area contributed by atoms with Gasteiger partial charge in [0.05, 0.1) is 56.5 Å². The normalized spacial score (nSPS) is 17.2. The fraction of sp³-hybridized carbons (Fsp3) is 0.400. The molecule has 12 heteroatoms. The molecule has 6 rings (SSSR count). The minimum absolute atomic E-state index is 0.302. The number of benzene rings is 2. The number of hydrogen-bond donors (Lipinski definition) is 1. The van der Waals surface area contributed by atoms with Crippen molar-refractivity contribution in [2.75, 3.05) is 57.9 Å². The van der Waals surface area contributed by atoms with Crippen molar-refractivity contribution in [2.24, 2.45) is 0 Å². The highest BCUT2D eigenvalue weighted by Crippen LogP contribution is 2.39. The molecule has 4 aromatic rings. The zero-order valence-corrected chi connectivity index (χ0v) is 25.9. The number of sulfone groups is 1. The fourth-order valence-corrected chi connectivity index (χ4v) is 8.67. The molecule has 9 nitrogen and oxygen atoms in total. The summed E-state index contributed by atoms with van der Waals surface area (Å²) in [6, 6.07) is 12.4. The number of nitrogens with zero attached hydrogens (tertiary/aromatic N) is 3. The monoisotopic (exact) mass is 628 g/mol. The van der Waals surface area contributed by atoms with Gasteiger partial charge >= 0.3 is 0 Å². The van der Waals surface area contributed by atoms with Crippen LogP contribution >= 0.6 is 22.9 Å². The van der Waals surface area contributed by atoms with E-state index in [2.05, 4.69) is 19.8 Å². The number of pyridine rings is 1. The standard InChI is InChI=1S/C30H33ClN4O5S2/c1-3-40-27-18-23(31)22(17-26(27)35-12-14-39-15-13-35)24-7-5-21(29(36)32-24)30-33-25-6-4-20(16-28(25)41-30)42(37,38)19-8-10-34(2)11-9-19/h4-7,16-19H,3,8-15H2,1-2H3,(H,32,36). The molecule has 0 unspecified atom stereocenters. The van der Waals surface area contributed by atoms with E-state index in [0.717, 1.165) is 36.6 Å². The number of halogens is 1. The molecule has 2 fully saturated rings. The number of thiazole rings is 1. The third-order valence-corrected chi connectivity index (χ3v) is 11.5. The Morgan fingerprint density at radius 1 is 1.07 bits per heavy atom. The summed E-state index contributed by atoms with van der Waals surface area (Å²) in [5, 5.41) is 0.614. The van der Waals surface area contributed by atoms with Gasteiger partial charge in [-0.3, -0.25) is 4.79 Å². The molecule has 0 atom stereocenters. The van der Waals surface area contributed by atoms with Gasteiger partial charge in [0.2, 0.25) is 0 Å². The van der Waals surface area contributed by atoms with E-state index in [4.69, 9.17) is 21.1 Å². The summed E-state index contributed by atoms with van der Waals surface area (Å²) >= 11 is 7.99. The molecule has 42 heavy (non-hydrogen) atoms. The summed E-state index contributed by atoms with van der Waals surface area (Å²) in [4.78, 5) is 25.6. The number of likely N-dealkylation sites (tertiary alicyclic amines) is 1. The van der Waals surface area contributed by atoms with Crippen LogP contribution in [0.1, 0.15) is 19.8 Å². The quantitative estimate of drug-likeness (QED) is 0.302. The van der Waals surface area contributed by atoms with E-state index in [0.29, 0.717) is 75.7 Å². The molecule has 0 aliphatic carbocycles. The van der Waals surface area contributed by atoms with Crippen LogP contribution in [0.4, 0.5) is 5.69 Å². The number of ether oxygens (including phenoxy) is 2. The number of anilines is 1. The lowest BCUT2D eigenvalue weighted by atomic mass is 10.1. The molecule has 1 N–H and O–H groups in total. The van der Waals surface area contributed by atoms with E-state index in [1.54, 1.807) is 30.3 Å². The molecule has 0 saturated carbocycles. The van der Waals surface area contributed by atoms with E-state index >= 15 is 0 Å². The highest BCUT2D eigenvalue weighted by Gasteiger charge is 2.31. The number of morpholine rings is 1. The molecular formula is C30H33ClN4O5S2. The van der Waals surface area contributed by atoms with Crippen molar-refractivity contribution in [3.05, 3.63) is 57.8 Å². The molecule has 0 radical (unpaired) electrons. The van der Waals surface area contributed by atoms with Crippen molar-refractivity contribution < 1.29 is 17.9 Å². The van der Waals surface area contributed by atoms with E-state index in [-0.39, 0.29) is 10.8 Å². The number of H-pyrrole nitrogens is 1. The van der Waals surface area contributed by atoms with Gasteiger partial charge in [-0.1, -0.05) is 11.6 Å². The Hall–Kier alpha value is -2.96. The van der Waals surface area contributed by atoms with Crippen LogP contribution in [0.25, 0.3) is 32.0 Å². The van der Waals surface area contributed by atoms with Crippen LogP contribution in [0.5, 0.6) is 5.75 Å². The molecule has 2 saturated heterocycles. The third kappa shape index (κ3) is 5.68. The van der Waals surface area contributed by atoms with Gasteiger partial charge in [-0.15, -0.1) is 11.3 Å². The number of piperidine rings is 1. The van der Waals surface area contributed by atoms with Gasteiger partial charge in [-0.2, -0.15) is 0 Å². The first-order valence-corrected chi connectivity index (χ1v) is 16.8. The van der Waals surface area contributed by atoms with Gasteiger partial charge in [-0.05, 0) is 76.3 Å². The van der Waals surface area contributed by atoms with Crippen LogP contribution in [-0.4, -0.2) is 81.6 Å². The molecule has 0 spiro atoms. The molecule has 0 bridgehead atoms. The molecule has 2 aliphatic heterocycles. The lowest BCUT2D eigenvalue weighted by molar-refractivity contribution is 0.122. The molecular weight excluding hydrogens is 596 g/mol. The van der Waals surface area contributed by atoms with Crippen molar-refractivity contribution in [2.45, 2.75) is 29.9 Å². The Bertz CT molecular complexity index is 1770. The average Bonchev–Trinajstić information content (AvgIpc) is 3.41. The number of fused-ring (bicyclic) bond motifs is 1. The van der Waals surface area contributed by atoms with Gasteiger partial charge in [-0.25, -0.2) is 13.4 Å². The second-order valence-electron chi connectivity index (χ2n) is 10.6.